The number of ether oxygens (including phenoxy) is 1. The molecule has 0 radical (unpaired) electrons. The van der Waals surface area contributed by atoms with Gasteiger partial charge in [-0.2, -0.15) is 20.3 Å². The lowest BCUT2D eigenvalue weighted by Gasteiger charge is -2.04. The lowest BCUT2D eigenvalue weighted by molar-refractivity contribution is 0.0948. The predicted octanol–water partition coefficient (Wildman–Crippen LogP) is 0.906. The average Bonchev–Trinajstić information content (AvgIpc) is 2.82. The zero-order valence-corrected chi connectivity index (χ0v) is 10.5. The summed E-state index contributed by atoms with van der Waals surface area (Å²) < 4.78 is 5.84. The van der Waals surface area contributed by atoms with Crippen LogP contribution in [-0.4, -0.2) is 22.8 Å². The third kappa shape index (κ3) is 2.04. The zero-order valence-electron chi connectivity index (χ0n) is 10.5. The van der Waals surface area contributed by atoms with E-state index in [1.165, 1.54) is 7.11 Å². The topological polar surface area (TPSA) is 118 Å². The molecule has 0 aliphatic rings. The largest absolute Gasteiger partial charge is 0.497 e. The van der Waals surface area contributed by atoms with E-state index >= 15 is 0 Å². The molecule has 2 aromatic rings. The summed E-state index contributed by atoms with van der Waals surface area (Å²) in [5, 5.41) is 21.5. The highest BCUT2D eigenvalue weighted by Gasteiger charge is 2.20. The van der Waals surface area contributed by atoms with Gasteiger partial charge in [-0.1, -0.05) is 0 Å². The Kier molecular flexibility index (Phi) is 3.36. The zero-order chi connectivity index (χ0) is 14.7. The van der Waals surface area contributed by atoms with E-state index in [1.807, 2.05) is 0 Å². The molecule has 98 valence electrons. The second-order valence-electron chi connectivity index (χ2n) is 3.78. The van der Waals surface area contributed by atoms with Gasteiger partial charge in [-0.3, -0.25) is 4.79 Å². The SMILES string of the molecule is COc1ccc(C(=O)n2nc(C#N)c(C#N)c2N)cc1. The van der Waals surface area contributed by atoms with Gasteiger partial charge in [0.05, 0.1) is 7.11 Å². The third-order valence-corrected chi connectivity index (χ3v) is 2.67. The Bertz CT molecular complexity index is 747. The number of nitrogens with two attached hydrogens (primary N) is 1. The molecule has 0 aliphatic heterocycles. The van der Waals surface area contributed by atoms with Crippen LogP contribution < -0.4 is 10.5 Å². The van der Waals surface area contributed by atoms with Crippen LogP contribution >= 0.6 is 0 Å². The first-order valence-electron chi connectivity index (χ1n) is 5.49. The Morgan fingerprint density at radius 1 is 1.30 bits per heavy atom. The van der Waals surface area contributed by atoms with Crippen LogP contribution in [0, 0.1) is 22.7 Å². The van der Waals surface area contributed by atoms with Crippen molar-refractivity contribution in [3.63, 3.8) is 0 Å². The number of hydrogen-bond donors (Lipinski definition) is 1. The summed E-state index contributed by atoms with van der Waals surface area (Å²) in [5.74, 6) is -0.0709. The summed E-state index contributed by atoms with van der Waals surface area (Å²) in [6.45, 7) is 0. The van der Waals surface area contributed by atoms with Crippen molar-refractivity contribution in [2.75, 3.05) is 12.8 Å². The predicted molar refractivity (Wildman–Crippen MR) is 68.8 cm³/mol. The molecule has 0 saturated heterocycles. The van der Waals surface area contributed by atoms with E-state index in [9.17, 15) is 4.79 Å². The van der Waals surface area contributed by atoms with Gasteiger partial charge in [-0.25, -0.2) is 0 Å². The number of aromatic nitrogens is 2. The Morgan fingerprint density at radius 3 is 2.40 bits per heavy atom. The molecular formula is C13H9N5O2. The molecule has 20 heavy (non-hydrogen) atoms. The van der Waals surface area contributed by atoms with Gasteiger partial charge < -0.3 is 10.5 Å². The van der Waals surface area contributed by atoms with E-state index < -0.39 is 5.91 Å². The van der Waals surface area contributed by atoms with Crippen molar-refractivity contribution in [3.05, 3.63) is 41.1 Å². The summed E-state index contributed by atoms with van der Waals surface area (Å²) in [5.41, 5.74) is 5.70. The van der Waals surface area contributed by atoms with Crippen LogP contribution in [0.3, 0.4) is 0 Å². The number of benzene rings is 1. The normalized spacial score (nSPS) is 9.55. The van der Waals surface area contributed by atoms with Gasteiger partial charge in [0.15, 0.2) is 5.69 Å². The van der Waals surface area contributed by atoms with Gasteiger partial charge in [0, 0.05) is 5.56 Å². The Hall–Kier alpha value is -3.32. The number of nitriles is 2. The smallest absolute Gasteiger partial charge is 0.280 e. The number of anilines is 1. The molecule has 0 amide bonds. The maximum atomic E-state index is 12.2. The molecule has 0 bridgehead atoms. The highest BCUT2D eigenvalue weighted by molar-refractivity contribution is 5.97. The third-order valence-electron chi connectivity index (χ3n) is 2.67. The van der Waals surface area contributed by atoms with Gasteiger partial charge in [-0.15, -0.1) is 0 Å². The molecule has 7 nitrogen and oxygen atoms in total. The van der Waals surface area contributed by atoms with Gasteiger partial charge >= 0.3 is 0 Å². The van der Waals surface area contributed by atoms with Crippen LogP contribution in [0.2, 0.25) is 0 Å². The summed E-state index contributed by atoms with van der Waals surface area (Å²) in [7, 11) is 1.51. The molecule has 7 heteroatoms. The first kappa shape index (κ1) is 13.1. The summed E-state index contributed by atoms with van der Waals surface area (Å²) in [4.78, 5) is 12.2. The van der Waals surface area contributed by atoms with Crippen LogP contribution in [0.4, 0.5) is 5.82 Å². The first-order valence-corrected chi connectivity index (χ1v) is 5.49. The van der Waals surface area contributed by atoms with E-state index in [1.54, 1.807) is 36.4 Å². The van der Waals surface area contributed by atoms with Crippen molar-refractivity contribution < 1.29 is 9.53 Å². The summed E-state index contributed by atoms with van der Waals surface area (Å²) in [6, 6.07) is 9.80. The number of hydrogen-bond acceptors (Lipinski definition) is 6. The maximum absolute atomic E-state index is 12.2. The Balaban J connectivity index is 2.46. The average molecular weight is 267 g/mol. The van der Waals surface area contributed by atoms with Crippen LogP contribution in [-0.2, 0) is 0 Å². The number of methoxy groups -OCH3 is 1. The minimum absolute atomic E-state index is 0.102. The second-order valence-corrected chi connectivity index (χ2v) is 3.78. The van der Waals surface area contributed by atoms with Crippen molar-refractivity contribution in [2.24, 2.45) is 0 Å². The summed E-state index contributed by atoms with van der Waals surface area (Å²) >= 11 is 0. The van der Waals surface area contributed by atoms with Gasteiger partial charge in [0.1, 0.15) is 29.3 Å². The highest BCUT2D eigenvalue weighted by Crippen LogP contribution is 2.18. The number of nitrogen functional groups attached to an aromatic ring is 1. The fraction of sp³-hybridized carbons (Fsp3) is 0.0769. The van der Waals surface area contributed by atoms with Crippen LogP contribution in [0.1, 0.15) is 21.6 Å². The second kappa shape index (κ2) is 5.12. The molecule has 0 aliphatic carbocycles. The van der Waals surface area contributed by atoms with Gasteiger partial charge in [0.25, 0.3) is 5.91 Å². The monoisotopic (exact) mass is 267 g/mol. The maximum Gasteiger partial charge on any atom is 0.280 e. The molecule has 0 spiro atoms. The van der Waals surface area contributed by atoms with Crippen molar-refractivity contribution in [1.82, 2.24) is 9.78 Å². The Labute approximate surface area is 114 Å². The van der Waals surface area contributed by atoms with E-state index in [0.29, 0.717) is 11.3 Å². The molecule has 1 aromatic carbocycles. The standard InChI is InChI=1S/C13H9N5O2/c1-20-9-4-2-8(3-5-9)13(19)18-12(16)10(6-14)11(7-15)17-18/h2-5H,16H2,1H3. The summed E-state index contributed by atoms with van der Waals surface area (Å²) in [6.07, 6.45) is 0. The molecule has 0 fully saturated rings. The Morgan fingerprint density at radius 2 is 1.95 bits per heavy atom. The minimum Gasteiger partial charge on any atom is -0.497 e. The number of carbonyl (C=O) groups excluding carboxylic acids is 1. The van der Waals surface area contributed by atoms with E-state index in [2.05, 4.69) is 5.10 Å². The fourth-order valence-corrected chi connectivity index (χ4v) is 1.63. The number of rotatable bonds is 2. The molecule has 0 saturated carbocycles. The van der Waals surface area contributed by atoms with Crippen LogP contribution in [0.15, 0.2) is 24.3 Å². The van der Waals surface area contributed by atoms with E-state index in [4.69, 9.17) is 21.0 Å². The molecule has 0 atom stereocenters. The quantitative estimate of drug-likeness (QED) is 0.863. The lowest BCUT2D eigenvalue weighted by Crippen LogP contribution is -2.16. The first-order chi connectivity index (χ1) is 9.62. The molecular weight excluding hydrogens is 258 g/mol. The molecule has 0 unspecified atom stereocenters. The van der Waals surface area contributed by atoms with E-state index in [-0.39, 0.29) is 17.1 Å². The van der Waals surface area contributed by atoms with Crippen LogP contribution in [0.25, 0.3) is 0 Å². The number of nitrogens with zero attached hydrogens (tertiary/aromatic N) is 4. The van der Waals surface area contributed by atoms with Gasteiger partial charge in [-0.05, 0) is 24.3 Å². The van der Waals surface area contributed by atoms with Crippen molar-refractivity contribution >= 4 is 11.7 Å². The van der Waals surface area contributed by atoms with Crippen molar-refractivity contribution in [1.29, 1.82) is 10.5 Å². The molecule has 1 aromatic heterocycles. The van der Waals surface area contributed by atoms with Crippen molar-refractivity contribution in [2.45, 2.75) is 0 Å². The lowest BCUT2D eigenvalue weighted by atomic mass is 10.2. The van der Waals surface area contributed by atoms with Crippen LogP contribution in [0.5, 0.6) is 5.75 Å². The van der Waals surface area contributed by atoms with E-state index in [0.717, 1.165) is 4.68 Å². The molecule has 2 N–H and O–H groups in total. The van der Waals surface area contributed by atoms with Gasteiger partial charge in [0.2, 0.25) is 0 Å². The van der Waals surface area contributed by atoms with Crippen molar-refractivity contribution in [3.8, 4) is 17.9 Å². The highest BCUT2D eigenvalue weighted by atomic mass is 16.5. The fourth-order valence-electron chi connectivity index (χ4n) is 1.63. The number of carbonyl (C=O) groups is 1. The molecule has 1 heterocycles. The molecule has 2 rings (SSSR count). The minimum atomic E-state index is -0.525.